The van der Waals surface area contributed by atoms with E-state index in [1.165, 1.54) is 0 Å². The summed E-state index contributed by atoms with van der Waals surface area (Å²) in [7, 11) is 0. The first-order valence-electron chi connectivity index (χ1n) is 9.94. The van der Waals surface area contributed by atoms with Crippen molar-refractivity contribution in [3.8, 4) is 23.0 Å². The highest BCUT2D eigenvalue weighted by molar-refractivity contribution is 5.96. The standard InChI is InChI=1S/C22H23N5O2/c23-22-19-10-17(15-3-6-24-20(11-15)25-18-12-29-13-18)9-16(21(19)26-27-22)2-1-14-4-7-28-8-5-14/h3,6,9-11,14,18H,4-5,7-8,12-13H2,(H,24,25)(H3,23,26,27). The van der Waals surface area contributed by atoms with Crippen LogP contribution < -0.4 is 11.1 Å². The minimum Gasteiger partial charge on any atom is -0.382 e. The Kier molecular flexibility index (Phi) is 4.80. The molecule has 2 saturated heterocycles. The molecule has 0 atom stereocenters. The number of ether oxygens (including phenoxy) is 2. The van der Waals surface area contributed by atoms with Crippen LogP contribution >= 0.6 is 0 Å². The molecule has 29 heavy (non-hydrogen) atoms. The summed E-state index contributed by atoms with van der Waals surface area (Å²) in [5.74, 6) is 8.46. The van der Waals surface area contributed by atoms with Crippen LogP contribution in [0.15, 0.2) is 30.5 Å². The van der Waals surface area contributed by atoms with E-state index in [-0.39, 0.29) is 0 Å². The Labute approximate surface area is 169 Å². The van der Waals surface area contributed by atoms with Crippen LogP contribution in [0.3, 0.4) is 0 Å². The van der Waals surface area contributed by atoms with Gasteiger partial charge in [0.15, 0.2) is 5.82 Å². The van der Waals surface area contributed by atoms with Gasteiger partial charge in [0.1, 0.15) is 5.82 Å². The predicted octanol–water partition coefficient (Wildman–Crippen LogP) is 2.80. The van der Waals surface area contributed by atoms with Gasteiger partial charge in [0.25, 0.3) is 0 Å². The zero-order valence-corrected chi connectivity index (χ0v) is 16.1. The van der Waals surface area contributed by atoms with E-state index in [2.05, 4.69) is 44.5 Å². The van der Waals surface area contributed by atoms with Gasteiger partial charge in [0.05, 0.1) is 30.3 Å². The Morgan fingerprint density at radius 3 is 2.76 bits per heavy atom. The molecule has 148 valence electrons. The van der Waals surface area contributed by atoms with Crippen molar-refractivity contribution in [2.24, 2.45) is 5.92 Å². The predicted molar refractivity (Wildman–Crippen MR) is 112 cm³/mol. The van der Waals surface area contributed by atoms with Crippen molar-refractivity contribution >= 4 is 22.5 Å². The summed E-state index contributed by atoms with van der Waals surface area (Å²) in [5, 5.41) is 11.5. The lowest BCUT2D eigenvalue weighted by Gasteiger charge is -2.27. The molecule has 0 bridgehead atoms. The first-order valence-corrected chi connectivity index (χ1v) is 9.94. The minimum atomic E-state index is 0.325. The summed E-state index contributed by atoms with van der Waals surface area (Å²) < 4.78 is 10.7. The normalized spacial score (nSPS) is 17.5. The highest BCUT2D eigenvalue weighted by atomic mass is 16.5. The topological polar surface area (TPSA) is 98.1 Å². The average molecular weight is 389 g/mol. The molecule has 1 aromatic carbocycles. The molecule has 4 heterocycles. The van der Waals surface area contributed by atoms with E-state index in [0.29, 0.717) is 17.8 Å². The van der Waals surface area contributed by atoms with Crippen molar-refractivity contribution in [2.75, 3.05) is 37.5 Å². The summed E-state index contributed by atoms with van der Waals surface area (Å²) in [4.78, 5) is 4.43. The number of nitrogens with zero attached hydrogens (tertiary/aromatic N) is 2. The maximum absolute atomic E-state index is 6.11. The maximum Gasteiger partial charge on any atom is 0.153 e. The Morgan fingerprint density at radius 2 is 1.97 bits per heavy atom. The fourth-order valence-corrected chi connectivity index (χ4v) is 3.65. The monoisotopic (exact) mass is 389 g/mol. The van der Waals surface area contributed by atoms with E-state index in [9.17, 15) is 0 Å². The number of nitrogen functional groups attached to an aromatic ring is 1. The lowest BCUT2D eigenvalue weighted by Crippen LogP contribution is -2.40. The van der Waals surface area contributed by atoms with E-state index in [1.54, 1.807) is 0 Å². The molecule has 0 radical (unpaired) electrons. The van der Waals surface area contributed by atoms with E-state index in [4.69, 9.17) is 15.2 Å². The van der Waals surface area contributed by atoms with Crippen LogP contribution in [0.5, 0.6) is 0 Å². The molecule has 5 rings (SSSR count). The van der Waals surface area contributed by atoms with Crippen LogP contribution in [0.2, 0.25) is 0 Å². The number of nitrogens with two attached hydrogens (primary N) is 1. The number of hydrogen-bond donors (Lipinski definition) is 3. The van der Waals surface area contributed by atoms with Crippen LogP contribution in [0, 0.1) is 17.8 Å². The Morgan fingerprint density at radius 1 is 1.10 bits per heavy atom. The highest BCUT2D eigenvalue weighted by Gasteiger charge is 2.18. The second-order valence-corrected chi connectivity index (χ2v) is 7.52. The van der Waals surface area contributed by atoms with E-state index >= 15 is 0 Å². The van der Waals surface area contributed by atoms with Crippen LogP contribution in [0.1, 0.15) is 18.4 Å². The lowest BCUT2D eigenvalue weighted by molar-refractivity contribution is 0.0209. The highest BCUT2D eigenvalue weighted by Crippen LogP contribution is 2.30. The van der Waals surface area contributed by atoms with E-state index in [0.717, 1.165) is 72.7 Å². The fourth-order valence-electron chi connectivity index (χ4n) is 3.65. The van der Waals surface area contributed by atoms with Gasteiger partial charge in [0.2, 0.25) is 0 Å². The molecule has 3 aromatic rings. The summed E-state index contributed by atoms with van der Waals surface area (Å²) in [6, 6.07) is 8.52. The summed E-state index contributed by atoms with van der Waals surface area (Å²) in [6.07, 6.45) is 3.77. The zero-order chi connectivity index (χ0) is 19.6. The fraction of sp³-hybridized carbons (Fsp3) is 0.364. The third-order valence-electron chi connectivity index (χ3n) is 5.42. The molecule has 2 aliphatic rings. The number of benzene rings is 1. The van der Waals surface area contributed by atoms with Crippen molar-refractivity contribution in [3.63, 3.8) is 0 Å². The number of aromatic nitrogens is 3. The second kappa shape index (κ2) is 7.74. The van der Waals surface area contributed by atoms with Gasteiger partial charge in [-0.25, -0.2) is 4.98 Å². The van der Waals surface area contributed by atoms with E-state index in [1.807, 2.05) is 18.3 Å². The van der Waals surface area contributed by atoms with Crippen molar-refractivity contribution in [2.45, 2.75) is 18.9 Å². The molecule has 0 spiro atoms. The first kappa shape index (κ1) is 18.0. The molecular formula is C22H23N5O2. The SMILES string of the molecule is Nc1n[nH]c2c(C#CC3CCOCC3)cc(-c3ccnc(NC4COC4)c3)cc12. The quantitative estimate of drug-likeness (QED) is 0.596. The van der Waals surface area contributed by atoms with Gasteiger partial charge in [0, 0.05) is 30.7 Å². The van der Waals surface area contributed by atoms with Crippen LogP contribution in [0.4, 0.5) is 11.6 Å². The Hall–Kier alpha value is -3.08. The molecule has 2 aromatic heterocycles. The van der Waals surface area contributed by atoms with Crippen molar-refractivity contribution in [1.29, 1.82) is 0 Å². The molecular weight excluding hydrogens is 366 g/mol. The first-order chi connectivity index (χ1) is 14.3. The molecule has 4 N–H and O–H groups in total. The molecule has 0 aliphatic carbocycles. The number of nitrogens with one attached hydrogen (secondary N) is 2. The molecule has 7 heteroatoms. The molecule has 7 nitrogen and oxygen atoms in total. The number of H-pyrrole nitrogens is 1. The van der Waals surface area contributed by atoms with Gasteiger partial charge in [-0.3, -0.25) is 5.10 Å². The van der Waals surface area contributed by atoms with Gasteiger partial charge in [-0.1, -0.05) is 11.8 Å². The molecule has 2 aliphatic heterocycles. The second-order valence-electron chi connectivity index (χ2n) is 7.52. The number of rotatable bonds is 3. The summed E-state index contributed by atoms with van der Waals surface area (Å²) >= 11 is 0. The number of pyridine rings is 1. The number of fused-ring (bicyclic) bond motifs is 1. The van der Waals surface area contributed by atoms with Crippen LogP contribution in [0.25, 0.3) is 22.0 Å². The van der Waals surface area contributed by atoms with Gasteiger partial charge in [-0.2, -0.15) is 5.10 Å². The number of aromatic amines is 1. The van der Waals surface area contributed by atoms with Gasteiger partial charge < -0.3 is 20.5 Å². The van der Waals surface area contributed by atoms with Crippen LogP contribution in [-0.4, -0.2) is 47.7 Å². The summed E-state index contributed by atoms with van der Waals surface area (Å²) in [6.45, 7) is 3.00. The Bertz CT molecular complexity index is 1090. The van der Waals surface area contributed by atoms with Gasteiger partial charge >= 0.3 is 0 Å². The van der Waals surface area contributed by atoms with Gasteiger partial charge in [-0.15, -0.1) is 0 Å². The minimum absolute atomic E-state index is 0.325. The molecule has 0 unspecified atom stereocenters. The van der Waals surface area contributed by atoms with Crippen molar-refractivity contribution in [1.82, 2.24) is 15.2 Å². The third-order valence-corrected chi connectivity index (χ3v) is 5.42. The van der Waals surface area contributed by atoms with Crippen molar-refractivity contribution in [3.05, 3.63) is 36.0 Å². The smallest absolute Gasteiger partial charge is 0.153 e. The Balaban J connectivity index is 1.51. The van der Waals surface area contributed by atoms with E-state index < -0.39 is 0 Å². The molecule has 0 amide bonds. The number of hydrogen-bond acceptors (Lipinski definition) is 6. The third kappa shape index (κ3) is 3.77. The average Bonchev–Trinajstić information content (AvgIpc) is 3.11. The number of anilines is 2. The van der Waals surface area contributed by atoms with Crippen molar-refractivity contribution < 1.29 is 9.47 Å². The van der Waals surface area contributed by atoms with Gasteiger partial charge in [-0.05, 0) is 48.2 Å². The maximum atomic E-state index is 6.11. The largest absolute Gasteiger partial charge is 0.382 e. The molecule has 0 saturated carbocycles. The summed E-state index contributed by atoms with van der Waals surface area (Å²) in [5.41, 5.74) is 9.99. The van der Waals surface area contributed by atoms with Crippen LogP contribution in [-0.2, 0) is 9.47 Å². The zero-order valence-electron chi connectivity index (χ0n) is 16.1. The lowest BCUT2D eigenvalue weighted by atomic mass is 9.98. The molecule has 2 fully saturated rings.